The molecule has 2 atom stereocenters. The van der Waals surface area contributed by atoms with Crippen molar-refractivity contribution in [1.82, 2.24) is 25.8 Å². The number of carbonyl (C=O) groups is 1. The summed E-state index contributed by atoms with van der Waals surface area (Å²) < 4.78 is 28.9. The molecule has 3 aliphatic heterocycles. The second-order valence-electron chi connectivity index (χ2n) is 11.3. The number of nitrogens with one attached hydrogen (secondary N) is 4. The number of alkyl halides is 2. The first-order valence-corrected chi connectivity index (χ1v) is 13.9. The van der Waals surface area contributed by atoms with Gasteiger partial charge < -0.3 is 25.8 Å². The van der Waals surface area contributed by atoms with Gasteiger partial charge in [0.1, 0.15) is 12.1 Å². The number of halogens is 2. The van der Waals surface area contributed by atoms with Gasteiger partial charge in [0, 0.05) is 67.5 Å². The summed E-state index contributed by atoms with van der Waals surface area (Å²) in [6.07, 6.45) is 5.42. The highest BCUT2D eigenvalue weighted by molar-refractivity contribution is 5.99. The molecule has 1 saturated heterocycles. The van der Waals surface area contributed by atoms with Crippen LogP contribution in [0.4, 0.5) is 8.78 Å². The van der Waals surface area contributed by atoms with Crippen LogP contribution < -0.4 is 21.4 Å². The lowest BCUT2D eigenvalue weighted by atomic mass is 9.67. The van der Waals surface area contributed by atoms with Gasteiger partial charge >= 0.3 is 0 Å². The van der Waals surface area contributed by atoms with E-state index in [-0.39, 0.29) is 11.5 Å². The highest BCUT2D eigenvalue weighted by atomic mass is 19.3. The number of amides is 1. The lowest BCUT2D eigenvalue weighted by Crippen LogP contribution is -2.50. The van der Waals surface area contributed by atoms with E-state index in [1.54, 1.807) is 24.1 Å². The van der Waals surface area contributed by atoms with Gasteiger partial charge in [-0.1, -0.05) is 0 Å². The van der Waals surface area contributed by atoms with Crippen LogP contribution in [0.2, 0.25) is 0 Å². The van der Waals surface area contributed by atoms with Crippen LogP contribution in [0.25, 0.3) is 0 Å². The maximum absolute atomic E-state index is 14.5. The number of hydrogen-bond acceptors (Lipinski definition) is 5. The Morgan fingerprint density at radius 3 is 2.68 bits per heavy atom. The lowest BCUT2D eigenvalue weighted by Gasteiger charge is -2.43. The van der Waals surface area contributed by atoms with Gasteiger partial charge in [0.25, 0.3) is 6.43 Å². The Hall–Kier alpha value is -2.59. The molecule has 2 unspecified atom stereocenters. The van der Waals surface area contributed by atoms with E-state index in [0.29, 0.717) is 50.9 Å². The third-order valence-corrected chi connectivity index (χ3v) is 8.72. The van der Waals surface area contributed by atoms with E-state index in [1.807, 2.05) is 18.9 Å². The van der Waals surface area contributed by atoms with Crippen molar-refractivity contribution in [3.05, 3.63) is 34.2 Å². The number of rotatable bonds is 8. The van der Waals surface area contributed by atoms with Crippen LogP contribution in [-0.2, 0) is 4.79 Å². The van der Waals surface area contributed by atoms with Crippen LogP contribution in [0.3, 0.4) is 0 Å². The quantitative estimate of drug-likeness (QED) is 0.240. The molecule has 0 saturated carbocycles. The molecule has 8 nitrogen and oxygen atoms in total. The van der Waals surface area contributed by atoms with Gasteiger partial charge in [-0.15, -0.1) is 0 Å². The molecule has 1 fully saturated rings. The zero-order valence-electron chi connectivity index (χ0n) is 23.0. The van der Waals surface area contributed by atoms with Crippen LogP contribution in [0.1, 0.15) is 52.4 Å². The highest BCUT2D eigenvalue weighted by Gasteiger charge is 2.43. The largest absolute Gasteiger partial charge is 0.385 e. The SMILES string of the molecule is CNCC(C)(C=[NH2+])C1CC2=C(C=C1C(F)F)N(C(=N)C1=C(NC3CCNCC3)CCN(C(C)=O)C1)CCC2. The molecule has 0 aromatic heterocycles. The standard InChI is InChI=1S/C28H43F2N7O/c1-18(38)36-12-8-24(35-20-6-9-34-10-7-20)22(15-36)27(32)37-11-4-5-19-13-23(28(2,16-31)17-33-3)21(26(29)30)14-25(19)37/h14,16,20,23,26,31-35H,4-13,15,17H2,1-3H3/p+1. The minimum Gasteiger partial charge on any atom is -0.385 e. The molecule has 1 aliphatic carbocycles. The van der Waals surface area contributed by atoms with Crippen molar-refractivity contribution in [3.8, 4) is 0 Å². The van der Waals surface area contributed by atoms with Crippen molar-refractivity contribution < 1.29 is 19.0 Å². The Morgan fingerprint density at radius 1 is 1.32 bits per heavy atom. The van der Waals surface area contributed by atoms with Crippen LogP contribution in [0, 0.1) is 16.7 Å². The second kappa shape index (κ2) is 12.1. The molecule has 1 amide bonds. The average Bonchev–Trinajstić information content (AvgIpc) is 2.92. The Labute approximate surface area is 225 Å². The summed E-state index contributed by atoms with van der Waals surface area (Å²) in [5, 5.41) is 25.5. The van der Waals surface area contributed by atoms with Crippen molar-refractivity contribution in [1.29, 1.82) is 5.41 Å². The summed E-state index contributed by atoms with van der Waals surface area (Å²) in [7, 11) is 1.81. The molecule has 0 spiro atoms. The fourth-order valence-corrected chi connectivity index (χ4v) is 6.42. The monoisotopic (exact) mass is 532 g/mol. The summed E-state index contributed by atoms with van der Waals surface area (Å²) in [6, 6.07) is 0.326. The van der Waals surface area contributed by atoms with Crippen molar-refractivity contribution in [2.45, 2.75) is 64.8 Å². The molecule has 0 radical (unpaired) electrons. The van der Waals surface area contributed by atoms with Gasteiger partial charge in [-0.2, -0.15) is 0 Å². The van der Waals surface area contributed by atoms with E-state index in [9.17, 15) is 19.0 Å². The van der Waals surface area contributed by atoms with Crippen LogP contribution >= 0.6 is 0 Å². The van der Waals surface area contributed by atoms with Crippen molar-refractivity contribution in [2.24, 2.45) is 11.3 Å². The smallest absolute Gasteiger partial charge is 0.260 e. The van der Waals surface area contributed by atoms with Crippen molar-refractivity contribution in [3.63, 3.8) is 0 Å². The normalized spacial score (nSPS) is 24.7. The molecule has 0 aromatic carbocycles. The molecule has 10 heteroatoms. The van der Waals surface area contributed by atoms with Crippen LogP contribution in [0.15, 0.2) is 34.2 Å². The topological polar surface area (TPSA) is 109 Å². The van der Waals surface area contributed by atoms with Crippen molar-refractivity contribution >= 4 is 18.0 Å². The molecule has 0 bridgehead atoms. The minimum atomic E-state index is -2.61. The van der Waals surface area contributed by atoms with Gasteiger partial charge in [-0.3, -0.25) is 15.6 Å². The summed E-state index contributed by atoms with van der Waals surface area (Å²) in [5.41, 5.74) is 3.10. The number of allylic oxidation sites excluding steroid dienone is 3. The molecule has 210 valence electrons. The molecule has 3 heterocycles. The first-order valence-electron chi connectivity index (χ1n) is 13.9. The van der Waals surface area contributed by atoms with Crippen LogP contribution in [-0.4, -0.2) is 86.5 Å². The molecule has 38 heavy (non-hydrogen) atoms. The van der Waals surface area contributed by atoms with E-state index >= 15 is 0 Å². The van der Waals surface area contributed by atoms with E-state index in [0.717, 1.165) is 61.3 Å². The fraction of sp³-hybridized carbons (Fsp3) is 0.679. The number of nitrogens with zero attached hydrogens (tertiary/aromatic N) is 2. The lowest BCUT2D eigenvalue weighted by molar-refractivity contribution is -0.128. The second-order valence-corrected chi connectivity index (χ2v) is 11.3. The zero-order chi connectivity index (χ0) is 27.4. The average molecular weight is 533 g/mol. The first kappa shape index (κ1) is 28.4. The third kappa shape index (κ3) is 5.86. The van der Waals surface area contributed by atoms with Gasteiger partial charge in [0.15, 0.2) is 0 Å². The summed E-state index contributed by atoms with van der Waals surface area (Å²) in [6.45, 7) is 7.46. The molecule has 4 rings (SSSR count). The molecule has 4 aliphatic rings. The Morgan fingerprint density at radius 2 is 2.05 bits per heavy atom. The fourth-order valence-electron chi connectivity index (χ4n) is 6.42. The van der Waals surface area contributed by atoms with E-state index in [2.05, 4.69) is 16.0 Å². The van der Waals surface area contributed by atoms with E-state index in [1.165, 1.54) is 0 Å². The Balaban J connectivity index is 1.68. The Bertz CT molecular complexity index is 1030. The maximum Gasteiger partial charge on any atom is 0.260 e. The molecular weight excluding hydrogens is 488 g/mol. The van der Waals surface area contributed by atoms with E-state index in [4.69, 9.17) is 5.41 Å². The maximum atomic E-state index is 14.5. The summed E-state index contributed by atoms with van der Waals surface area (Å²) in [4.78, 5) is 15.9. The van der Waals surface area contributed by atoms with Crippen molar-refractivity contribution in [2.75, 3.05) is 46.3 Å². The number of piperidine rings is 1. The summed E-state index contributed by atoms with van der Waals surface area (Å²) >= 11 is 0. The zero-order valence-corrected chi connectivity index (χ0v) is 23.0. The van der Waals surface area contributed by atoms with Gasteiger partial charge in [0.2, 0.25) is 5.91 Å². The third-order valence-electron chi connectivity index (χ3n) is 8.72. The van der Waals surface area contributed by atoms with Gasteiger partial charge in [-0.25, -0.2) is 8.78 Å². The van der Waals surface area contributed by atoms with Gasteiger partial charge in [0.05, 0.1) is 12.0 Å². The number of nitrogens with two attached hydrogens (primary N) is 1. The number of carbonyl (C=O) groups excluding carboxylic acids is 1. The van der Waals surface area contributed by atoms with Gasteiger partial charge in [-0.05, 0) is 70.8 Å². The van der Waals surface area contributed by atoms with E-state index < -0.39 is 17.8 Å². The summed E-state index contributed by atoms with van der Waals surface area (Å²) in [5.74, 6) is -0.115. The number of amidine groups is 1. The molecule has 0 aromatic rings. The molecular formula is C28H44F2N7O+. The highest BCUT2D eigenvalue weighted by Crippen LogP contribution is 2.45. The predicted molar refractivity (Wildman–Crippen MR) is 146 cm³/mol. The predicted octanol–water partition coefficient (Wildman–Crippen LogP) is 1.43. The number of hydrogen-bond donors (Lipinski definition) is 5. The molecule has 6 N–H and O–H groups in total. The van der Waals surface area contributed by atoms with Crippen LogP contribution in [0.5, 0.6) is 0 Å². The Kier molecular flexibility index (Phi) is 9.03. The first-order chi connectivity index (χ1) is 18.2. The minimum absolute atomic E-state index is 0.0167.